The smallest absolute Gasteiger partial charge is 0.321 e. The van der Waals surface area contributed by atoms with Gasteiger partial charge >= 0.3 is 6.03 Å². The fourth-order valence-electron chi connectivity index (χ4n) is 3.55. The third-order valence-electron chi connectivity index (χ3n) is 5.04. The lowest BCUT2D eigenvalue weighted by atomic mass is 9.98. The zero-order valence-electron chi connectivity index (χ0n) is 16.5. The molecule has 1 aliphatic heterocycles. The number of piperidine rings is 1. The predicted molar refractivity (Wildman–Crippen MR) is 110 cm³/mol. The van der Waals surface area contributed by atoms with Crippen molar-refractivity contribution >= 4 is 22.8 Å². The molecule has 7 heteroatoms. The number of carbonyl (C=O) groups is 1. The van der Waals surface area contributed by atoms with Gasteiger partial charge in [0.15, 0.2) is 11.5 Å². The van der Waals surface area contributed by atoms with Crippen molar-refractivity contribution in [2.45, 2.75) is 18.8 Å². The number of methoxy groups -OCH3 is 1. The van der Waals surface area contributed by atoms with Crippen LogP contribution in [0.4, 0.5) is 10.5 Å². The molecule has 0 radical (unpaired) electrons. The minimum absolute atomic E-state index is 0.0927. The van der Waals surface area contributed by atoms with Crippen LogP contribution in [-0.4, -0.2) is 49.3 Å². The summed E-state index contributed by atoms with van der Waals surface area (Å²) < 4.78 is 16.7. The quantitative estimate of drug-likeness (QED) is 0.631. The summed E-state index contributed by atoms with van der Waals surface area (Å²) in [4.78, 5) is 19.3. The van der Waals surface area contributed by atoms with Gasteiger partial charge in [0, 0.05) is 20.2 Å². The van der Waals surface area contributed by atoms with Gasteiger partial charge in [0.1, 0.15) is 17.9 Å². The minimum atomic E-state index is -0.145. The van der Waals surface area contributed by atoms with Gasteiger partial charge in [0.05, 0.1) is 18.2 Å². The standard InChI is InChI=1S/C22H25N3O4/c1-27-13-14-28-19-10-4-2-8-17(19)24-22(26)25-12-6-7-16(15-25)21-23-18-9-3-5-11-20(18)29-21/h2-5,8-11,16H,6-7,12-15H2,1H3,(H,24,26). The number of para-hydroxylation sites is 4. The molecular formula is C22H25N3O4. The fourth-order valence-corrected chi connectivity index (χ4v) is 3.55. The Balaban J connectivity index is 1.43. The molecule has 1 aliphatic rings. The molecule has 2 amide bonds. The average molecular weight is 395 g/mol. The highest BCUT2D eigenvalue weighted by Crippen LogP contribution is 2.30. The first-order chi connectivity index (χ1) is 14.2. The first-order valence-corrected chi connectivity index (χ1v) is 9.87. The molecule has 0 bridgehead atoms. The van der Waals surface area contributed by atoms with E-state index in [1.54, 1.807) is 7.11 Å². The molecule has 7 nitrogen and oxygen atoms in total. The van der Waals surface area contributed by atoms with Gasteiger partial charge in [-0.05, 0) is 37.1 Å². The largest absolute Gasteiger partial charge is 0.489 e. The van der Waals surface area contributed by atoms with Crippen molar-refractivity contribution in [2.75, 3.05) is 38.7 Å². The third-order valence-corrected chi connectivity index (χ3v) is 5.04. The topological polar surface area (TPSA) is 76.8 Å². The van der Waals surface area contributed by atoms with Crippen molar-refractivity contribution in [3.8, 4) is 5.75 Å². The maximum atomic E-state index is 12.9. The van der Waals surface area contributed by atoms with Crippen LogP contribution in [0.25, 0.3) is 11.1 Å². The Morgan fingerprint density at radius 2 is 2.03 bits per heavy atom. The number of nitrogens with zero attached hydrogens (tertiary/aromatic N) is 2. The normalized spacial score (nSPS) is 16.7. The van der Waals surface area contributed by atoms with E-state index in [1.165, 1.54) is 0 Å². The van der Waals surface area contributed by atoms with Crippen molar-refractivity contribution in [2.24, 2.45) is 0 Å². The summed E-state index contributed by atoms with van der Waals surface area (Å²) in [5.41, 5.74) is 2.29. The molecule has 0 spiro atoms. The number of anilines is 1. The predicted octanol–water partition coefficient (Wildman–Crippen LogP) is 4.26. The highest BCUT2D eigenvalue weighted by Gasteiger charge is 2.28. The van der Waals surface area contributed by atoms with Crippen LogP contribution in [0.5, 0.6) is 5.75 Å². The van der Waals surface area contributed by atoms with Crippen LogP contribution in [0.3, 0.4) is 0 Å². The molecule has 1 unspecified atom stereocenters. The second kappa shape index (κ2) is 8.96. The summed E-state index contributed by atoms with van der Waals surface area (Å²) in [5.74, 6) is 1.42. The summed E-state index contributed by atoms with van der Waals surface area (Å²) in [6, 6.07) is 15.0. The van der Waals surface area contributed by atoms with Crippen LogP contribution in [0, 0.1) is 0 Å². The number of aromatic nitrogens is 1. The van der Waals surface area contributed by atoms with Crippen LogP contribution in [0.15, 0.2) is 52.9 Å². The number of hydrogen-bond donors (Lipinski definition) is 1. The maximum Gasteiger partial charge on any atom is 0.321 e. The number of benzene rings is 2. The lowest BCUT2D eigenvalue weighted by Crippen LogP contribution is -2.41. The van der Waals surface area contributed by atoms with E-state index in [0.717, 1.165) is 23.9 Å². The molecule has 2 heterocycles. The Labute approximate surface area is 169 Å². The number of rotatable bonds is 6. The summed E-state index contributed by atoms with van der Waals surface area (Å²) in [6.45, 7) is 2.19. The van der Waals surface area contributed by atoms with Crippen molar-refractivity contribution < 1.29 is 18.7 Å². The van der Waals surface area contributed by atoms with Gasteiger partial charge in [0.2, 0.25) is 0 Å². The Hall–Kier alpha value is -3.06. The monoisotopic (exact) mass is 395 g/mol. The van der Waals surface area contributed by atoms with Crippen molar-refractivity contribution in [1.82, 2.24) is 9.88 Å². The first-order valence-electron chi connectivity index (χ1n) is 9.87. The lowest BCUT2D eigenvalue weighted by molar-refractivity contribution is 0.146. The summed E-state index contributed by atoms with van der Waals surface area (Å²) in [5, 5.41) is 2.98. The maximum absolute atomic E-state index is 12.9. The van der Waals surface area contributed by atoms with Gasteiger partial charge in [-0.15, -0.1) is 0 Å². The molecular weight excluding hydrogens is 370 g/mol. The second-order valence-corrected chi connectivity index (χ2v) is 7.07. The lowest BCUT2D eigenvalue weighted by Gasteiger charge is -2.31. The fraction of sp³-hybridized carbons (Fsp3) is 0.364. The highest BCUT2D eigenvalue weighted by molar-refractivity contribution is 5.91. The minimum Gasteiger partial charge on any atom is -0.489 e. The van der Waals surface area contributed by atoms with E-state index >= 15 is 0 Å². The van der Waals surface area contributed by atoms with Crippen LogP contribution in [-0.2, 0) is 4.74 Å². The first kappa shape index (κ1) is 19.3. The van der Waals surface area contributed by atoms with E-state index in [1.807, 2.05) is 53.4 Å². The van der Waals surface area contributed by atoms with Crippen LogP contribution in [0.2, 0.25) is 0 Å². The van der Waals surface area contributed by atoms with Crippen LogP contribution < -0.4 is 10.1 Å². The number of urea groups is 1. The van der Waals surface area contributed by atoms with Gasteiger partial charge in [-0.2, -0.15) is 0 Å². The van der Waals surface area contributed by atoms with E-state index in [0.29, 0.717) is 43.6 Å². The van der Waals surface area contributed by atoms with Crippen LogP contribution in [0.1, 0.15) is 24.7 Å². The van der Waals surface area contributed by atoms with E-state index in [-0.39, 0.29) is 11.9 Å². The van der Waals surface area contributed by atoms with Crippen molar-refractivity contribution in [3.05, 3.63) is 54.4 Å². The molecule has 3 aromatic rings. The number of amides is 2. The van der Waals surface area contributed by atoms with E-state index in [4.69, 9.17) is 13.9 Å². The number of oxazole rings is 1. The number of nitrogens with one attached hydrogen (secondary N) is 1. The number of carbonyl (C=O) groups excluding carboxylic acids is 1. The second-order valence-electron chi connectivity index (χ2n) is 7.07. The molecule has 29 heavy (non-hydrogen) atoms. The molecule has 1 N–H and O–H groups in total. The van der Waals surface area contributed by atoms with Gasteiger partial charge in [-0.3, -0.25) is 0 Å². The molecule has 152 valence electrons. The van der Waals surface area contributed by atoms with Gasteiger partial charge < -0.3 is 24.1 Å². The molecule has 1 atom stereocenters. The molecule has 0 aliphatic carbocycles. The Morgan fingerprint density at radius 3 is 2.90 bits per heavy atom. The van der Waals surface area contributed by atoms with Crippen LogP contribution >= 0.6 is 0 Å². The summed E-state index contributed by atoms with van der Waals surface area (Å²) in [7, 11) is 1.63. The van der Waals surface area contributed by atoms with Crippen molar-refractivity contribution in [1.29, 1.82) is 0 Å². The molecule has 2 aromatic carbocycles. The van der Waals surface area contributed by atoms with Crippen molar-refractivity contribution in [3.63, 3.8) is 0 Å². The average Bonchev–Trinajstić information content (AvgIpc) is 3.19. The zero-order valence-corrected chi connectivity index (χ0v) is 16.5. The number of hydrogen-bond acceptors (Lipinski definition) is 5. The SMILES string of the molecule is COCCOc1ccccc1NC(=O)N1CCCC(c2nc3ccccc3o2)C1. The summed E-state index contributed by atoms with van der Waals surface area (Å²) in [6.07, 6.45) is 1.86. The molecule has 1 saturated heterocycles. The van der Waals surface area contributed by atoms with Gasteiger partial charge in [-0.1, -0.05) is 24.3 Å². The molecule has 1 fully saturated rings. The Bertz CT molecular complexity index is 938. The van der Waals surface area contributed by atoms with E-state index in [9.17, 15) is 4.79 Å². The van der Waals surface area contributed by atoms with Gasteiger partial charge in [-0.25, -0.2) is 9.78 Å². The number of fused-ring (bicyclic) bond motifs is 1. The Morgan fingerprint density at radius 1 is 1.21 bits per heavy atom. The van der Waals surface area contributed by atoms with E-state index < -0.39 is 0 Å². The zero-order chi connectivity index (χ0) is 20.1. The molecule has 0 saturated carbocycles. The molecule has 4 rings (SSSR count). The highest BCUT2D eigenvalue weighted by atomic mass is 16.5. The van der Waals surface area contributed by atoms with E-state index in [2.05, 4.69) is 10.3 Å². The summed E-state index contributed by atoms with van der Waals surface area (Å²) >= 11 is 0. The molecule has 1 aromatic heterocycles. The number of likely N-dealkylation sites (tertiary alicyclic amines) is 1. The Kier molecular flexibility index (Phi) is 5.95. The third kappa shape index (κ3) is 4.51. The number of ether oxygens (including phenoxy) is 2. The van der Waals surface area contributed by atoms with Gasteiger partial charge in [0.25, 0.3) is 0 Å².